The summed E-state index contributed by atoms with van der Waals surface area (Å²) >= 11 is 0. The van der Waals surface area contributed by atoms with Gasteiger partial charge in [0.15, 0.2) is 0 Å². The second-order valence-corrected chi connectivity index (χ2v) is 3.69. The standard InChI is InChI=1S/C9H18N2O/c1-7(2)9(12)11-6-8-4-3-5-10-8/h7-8,10H,3-6H2,1-2H3,(H,11,12)/t8-/m0/s1. The van der Waals surface area contributed by atoms with E-state index in [0.717, 1.165) is 13.1 Å². The zero-order valence-electron chi connectivity index (χ0n) is 7.89. The van der Waals surface area contributed by atoms with Gasteiger partial charge in [0.1, 0.15) is 0 Å². The molecule has 1 amide bonds. The molecule has 1 heterocycles. The fourth-order valence-electron chi connectivity index (χ4n) is 1.36. The van der Waals surface area contributed by atoms with Gasteiger partial charge in [0, 0.05) is 18.5 Å². The van der Waals surface area contributed by atoms with Crippen molar-refractivity contribution in [2.45, 2.75) is 32.7 Å². The van der Waals surface area contributed by atoms with Crippen LogP contribution < -0.4 is 10.6 Å². The minimum atomic E-state index is 0.103. The van der Waals surface area contributed by atoms with Gasteiger partial charge in [-0.2, -0.15) is 0 Å². The predicted molar refractivity (Wildman–Crippen MR) is 48.9 cm³/mol. The summed E-state index contributed by atoms with van der Waals surface area (Å²) in [6, 6.07) is 0.507. The van der Waals surface area contributed by atoms with E-state index in [0.29, 0.717) is 6.04 Å². The molecule has 0 aromatic rings. The first-order valence-corrected chi connectivity index (χ1v) is 4.71. The normalized spacial score (nSPS) is 23.1. The quantitative estimate of drug-likeness (QED) is 0.648. The predicted octanol–water partition coefficient (Wildman–Crippen LogP) is 0.511. The van der Waals surface area contributed by atoms with Crippen LogP contribution in [0.25, 0.3) is 0 Å². The van der Waals surface area contributed by atoms with E-state index >= 15 is 0 Å². The number of rotatable bonds is 3. The molecule has 0 radical (unpaired) electrons. The van der Waals surface area contributed by atoms with Crippen LogP contribution in [0.2, 0.25) is 0 Å². The summed E-state index contributed by atoms with van der Waals surface area (Å²) in [5.41, 5.74) is 0. The SMILES string of the molecule is CC(C)C(=O)NC[C@@H]1CCCN1. The molecule has 0 saturated carbocycles. The van der Waals surface area contributed by atoms with Gasteiger partial charge in [-0.25, -0.2) is 0 Å². The minimum Gasteiger partial charge on any atom is -0.354 e. The number of carbonyl (C=O) groups is 1. The first-order valence-electron chi connectivity index (χ1n) is 4.71. The Hall–Kier alpha value is -0.570. The average molecular weight is 170 g/mol. The molecule has 1 aliphatic rings. The Morgan fingerprint density at radius 2 is 2.42 bits per heavy atom. The zero-order chi connectivity index (χ0) is 8.97. The second kappa shape index (κ2) is 4.45. The van der Waals surface area contributed by atoms with Crippen molar-refractivity contribution < 1.29 is 4.79 Å². The summed E-state index contributed by atoms with van der Waals surface area (Å²) in [7, 11) is 0. The van der Waals surface area contributed by atoms with Crippen LogP contribution in [0.15, 0.2) is 0 Å². The Balaban J connectivity index is 2.12. The molecule has 3 heteroatoms. The highest BCUT2D eigenvalue weighted by Crippen LogP contribution is 2.03. The van der Waals surface area contributed by atoms with E-state index in [9.17, 15) is 4.79 Å². The molecule has 1 saturated heterocycles. The number of carbonyl (C=O) groups excluding carboxylic acids is 1. The maximum Gasteiger partial charge on any atom is 0.222 e. The van der Waals surface area contributed by atoms with E-state index < -0.39 is 0 Å². The highest BCUT2D eigenvalue weighted by atomic mass is 16.1. The van der Waals surface area contributed by atoms with Crippen molar-refractivity contribution in [3.8, 4) is 0 Å². The van der Waals surface area contributed by atoms with Gasteiger partial charge in [-0.1, -0.05) is 13.8 Å². The van der Waals surface area contributed by atoms with Crippen molar-refractivity contribution in [3.05, 3.63) is 0 Å². The van der Waals surface area contributed by atoms with Gasteiger partial charge in [0.25, 0.3) is 0 Å². The van der Waals surface area contributed by atoms with E-state index in [4.69, 9.17) is 0 Å². The van der Waals surface area contributed by atoms with Gasteiger partial charge in [-0.3, -0.25) is 4.79 Å². The van der Waals surface area contributed by atoms with Gasteiger partial charge in [-0.05, 0) is 19.4 Å². The first kappa shape index (κ1) is 9.52. The highest BCUT2D eigenvalue weighted by molar-refractivity contribution is 5.77. The molecule has 1 rings (SSSR count). The van der Waals surface area contributed by atoms with Crippen LogP contribution in [0.1, 0.15) is 26.7 Å². The first-order chi connectivity index (χ1) is 5.70. The third-order valence-corrected chi connectivity index (χ3v) is 2.21. The van der Waals surface area contributed by atoms with Crippen molar-refractivity contribution in [2.24, 2.45) is 5.92 Å². The third-order valence-electron chi connectivity index (χ3n) is 2.21. The molecule has 3 nitrogen and oxygen atoms in total. The third kappa shape index (κ3) is 2.81. The fraction of sp³-hybridized carbons (Fsp3) is 0.889. The largest absolute Gasteiger partial charge is 0.354 e. The molecular formula is C9H18N2O. The maximum atomic E-state index is 11.2. The van der Waals surface area contributed by atoms with Gasteiger partial charge in [-0.15, -0.1) is 0 Å². The number of nitrogens with one attached hydrogen (secondary N) is 2. The van der Waals surface area contributed by atoms with Crippen LogP contribution in [0.4, 0.5) is 0 Å². The lowest BCUT2D eigenvalue weighted by Gasteiger charge is -2.12. The smallest absolute Gasteiger partial charge is 0.222 e. The molecule has 0 aromatic heterocycles. The van der Waals surface area contributed by atoms with Gasteiger partial charge < -0.3 is 10.6 Å². The topological polar surface area (TPSA) is 41.1 Å². The van der Waals surface area contributed by atoms with E-state index in [1.807, 2.05) is 13.8 Å². The molecule has 0 bridgehead atoms. The van der Waals surface area contributed by atoms with Crippen molar-refractivity contribution in [3.63, 3.8) is 0 Å². The van der Waals surface area contributed by atoms with E-state index in [1.54, 1.807) is 0 Å². The minimum absolute atomic E-state index is 0.103. The lowest BCUT2D eigenvalue weighted by Crippen LogP contribution is -2.38. The van der Waals surface area contributed by atoms with Gasteiger partial charge in [0.05, 0.1) is 0 Å². The van der Waals surface area contributed by atoms with Crippen LogP contribution in [0, 0.1) is 5.92 Å². The zero-order valence-corrected chi connectivity index (χ0v) is 7.89. The molecule has 1 atom stereocenters. The van der Waals surface area contributed by atoms with Crippen LogP contribution in [0.5, 0.6) is 0 Å². The molecule has 0 aliphatic carbocycles. The summed E-state index contributed by atoms with van der Waals surface area (Å²) in [4.78, 5) is 11.2. The summed E-state index contributed by atoms with van der Waals surface area (Å²) in [5, 5.41) is 6.26. The fourth-order valence-corrected chi connectivity index (χ4v) is 1.36. The van der Waals surface area contributed by atoms with Crippen LogP contribution in [-0.2, 0) is 4.79 Å². The Bertz CT molecular complexity index is 151. The Morgan fingerprint density at radius 3 is 2.92 bits per heavy atom. The maximum absolute atomic E-state index is 11.2. The van der Waals surface area contributed by atoms with E-state index in [1.165, 1.54) is 12.8 Å². The molecular weight excluding hydrogens is 152 g/mol. The molecule has 12 heavy (non-hydrogen) atoms. The Morgan fingerprint density at radius 1 is 1.67 bits per heavy atom. The van der Waals surface area contributed by atoms with Gasteiger partial charge >= 0.3 is 0 Å². The van der Waals surface area contributed by atoms with Crippen molar-refractivity contribution in [2.75, 3.05) is 13.1 Å². The van der Waals surface area contributed by atoms with E-state index in [2.05, 4.69) is 10.6 Å². The summed E-state index contributed by atoms with van der Waals surface area (Å²) in [5.74, 6) is 0.259. The average Bonchev–Trinajstić information content (AvgIpc) is 2.51. The Labute approximate surface area is 73.9 Å². The molecule has 0 unspecified atom stereocenters. The summed E-state index contributed by atoms with van der Waals surface area (Å²) < 4.78 is 0. The molecule has 1 fully saturated rings. The highest BCUT2D eigenvalue weighted by Gasteiger charge is 2.15. The molecule has 0 aromatic carbocycles. The number of amides is 1. The van der Waals surface area contributed by atoms with Crippen LogP contribution >= 0.6 is 0 Å². The molecule has 2 N–H and O–H groups in total. The van der Waals surface area contributed by atoms with Crippen LogP contribution in [-0.4, -0.2) is 25.0 Å². The number of hydrogen-bond donors (Lipinski definition) is 2. The molecule has 1 aliphatic heterocycles. The van der Waals surface area contributed by atoms with Crippen molar-refractivity contribution >= 4 is 5.91 Å². The monoisotopic (exact) mass is 170 g/mol. The van der Waals surface area contributed by atoms with E-state index in [-0.39, 0.29) is 11.8 Å². The lowest BCUT2D eigenvalue weighted by atomic mass is 10.2. The summed E-state index contributed by atoms with van der Waals surface area (Å²) in [6.45, 7) is 5.72. The Kier molecular flexibility index (Phi) is 3.53. The number of hydrogen-bond acceptors (Lipinski definition) is 2. The lowest BCUT2D eigenvalue weighted by molar-refractivity contribution is -0.124. The van der Waals surface area contributed by atoms with Crippen molar-refractivity contribution in [1.82, 2.24) is 10.6 Å². The summed E-state index contributed by atoms with van der Waals surface area (Å²) in [6.07, 6.45) is 2.43. The van der Waals surface area contributed by atoms with Gasteiger partial charge in [0.2, 0.25) is 5.91 Å². The molecule has 70 valence electrons. The molecule has 0 spiro atoms. The van der Waals surface area contributed by atoms with Crippen molar-refractivity contribution in [1.29, 1.82) is 0 Å². The second-order valence-electron chi connectivity index (χ2n) is 3.69. The van der Waals surface area contributed by atoms with Crippen LogP contribution in [0.3, 0.4) is 0 Å².